The van der Waals surface area contributed by atoms with Crippen LogP contribution in [-0.2, 0) is 29.1 Å². The summed E-state index contributed by atoms with van der Waals surface area (Å²) in [7, 11) is 5.64. The molecule has 0 spiro atoms. The van der Waals surface area contributed by atoms with Crippen LogP contribution in [0.1, 0.15) is 54.2 Å². The molecule has 3 heterocycles. The number of hydrogen-bond acceptors (Lipinski definition) is 11. The zero-order valence-electron chi connectivity index (χ0n) is 32.0. The Labute approximate surface area is 333 Å². The maximum Gasteiger partial charge on any atom is 0.337 e. The van der Waals surface area contributed by atoms with Crippen molar-refractivity contribution in [1.82, 2.24) is 0 Å². The van der Waals surface area contributed by atoms with E-state index in [1.807, 2.05) is 72.8 Å². The average molecular weight is 777 g/mol. The molecule has 0 unspecified atom stereocenters. The maximum atomic E-state index is 12.4. The summed E-state index contributed by atoms with van der Waals surface area (Å²) in [6.07, 6.45) is 0.437. The molecule has 11 nitrogen and oxygen atoms in total. The number of methoxy groups -OCH3 is 4. The van der Waals surface area contributed by atoms with E-state index in [1.165, 1.54) is 21.3 Å². The third-order valence-electron chi connectivity index (χ3n) is 10.9. The molecule has 0 saturated heterocycles. The molecule has 58 heavy (non-hydrogen) atoms. The van der Waals surface area contributed by atoms with Gasteiger partial charge in [0.15, 0.2) is 0 Å². The monoisotopic (exact) mass is 776 g/mol. The molecule has 0 N–H and O–H groups in total. The summed E-state index contributed by atoms with van der Waals surface area (Å²) in [5, 5.41) is 0. The first kappa shape index (κ1) is 36.7. The average Bonchev–Trinajstić information content (AvgIpc) is 3.27. The predicted molar refractivity (Wildman–Crippen MR) is 212 cm³/mol. The minimum absolute atomic E-state index is 0.0878. The summed E-state index contributed by atoms with van der Waals surface area (Å²) in [5.41, 5.74) is 7.53. The van der Waals surface area contributed by atoms with Crippen LogP contribution < -0.4 is 14.2 Å². The van der Waals surface area contributed by atoms with E-state index in [0.29, 0.717) is 64.2 Å². The van der Waals surface area contributed by atoms with E-state index >= 15 is 0 Å². The third-order valence-corrected chi connectivity index (χ3v) is 10.9. The van der Waals surface area contributed by atoms with E-state index in [0.717, 1.165) is 50.1 Å². The minimum Gasteiger partial charge on any atom is -0.465 e. The van der Waals surface area contributed by atoms with Gasteiger partial charge in [0, 0.05) is 23.8 Å². The Kier molecular flexibility index (Phi) is 9.18. The van der Waals surface area contributed by atoms with Gasteiger partial charge in [-0.25, -0.2) is 14.4 Å². The summed E-state index contributed by atoms with van der Waals surface area (Å²) in [4.78, 5) is 37.1. The lowest BCUT2D eigenvalue weighted by Crippen LogP contribution is -2.40. The van der Waals surface area contributed by atoms with Gasteiger partial charge >= 0.3 is 17.9 Å². The number of carbonyl (C=O) groups is 3. The number of esters is 3. The van der Waals surface area contributed by atoms with E-state index in [-0.39, 0.29) is 6.79 Å². The highest BCUT2D eigenvalue weighted by atomic mass is 16.7. The van der Waals surface area contributed by atoms with Crippen molar-refractivity contribution in [2.24, 2.45) is 0 Å². The van der Waals surface area contributed by atoms with Crippen molar-refractivity contribution in [3.8, 4) is 67.9 Å². The van der Waals surface area contributed by atoms with Crippen LogP contribution in [0.5, 0.6) is 34.5 Å². The molecule has 3 aliphatic rings. The van der Waals surface area contributed by atoms with Gasteiger partial charge in [0.1, 0.15) is 41.3 Å². The molecule has 0 aliphatic carbocycles. The van der Waals surface area contributed by atoms with Crippen LogP contribution in [0.2, 0.25) is 0 Å². The Balaban J connectivity index is 1.31. The Morgan fingerprint density at radius 3 is 1.09 bits per heavy atom. The molecule has 0 atom stereocenters. The lowest BCUT2D eigenvalue weighted by Gasteiger charge is -2.49. The van der Waals surface area contributed by atoms with Crippen LogP contribution in [0, 0.1) is 0 Å². The largest absolute Gasteiger partial charge is 0.465 e. The molecule has 0 fully saturated rings. The summed E-state index contributed by atoms with van der Waals surface area (Å²) in [6, 6.07) is 33.3. The summed E-state index contributed by atoms with van der Waals surface area (Å²) in [6.45, 7) is 0.378. The first-order valence-corrected chi connectivity index (χ1v) is 18.5. The normalized spacial score (nSPS) is 13.2. The Morgan fingerprint density at radius 2 is 0.793 bits per heavy atom. The van der Waals surface area contributed by atoms with Gasteiger partial charge in [-0.1, -0.05) is 36.4 Å². The van der Waals surface area contributed by atoms with Gasteiger partial charge in [-0.15, -0.1) is 0 Å². The van der Waals surface area contributed by atoms with Crippen molar-refractivity contribution in [1.29, 1.82) is 0 Å². The van der Waals surface area contributed by atoms with E-state index < -0.39 is 23.3 Å². The highest BCUT2D eigenvalue weighted by Crippen LogP contribution is 2.70. The van der Waals surface area contributed by atoms with Gasteiger partial charge in [-0.3, -0.25) is 0 Å². The van der Waals surface area contributed by atoms with Gasteiger partial charge in [0.2, 0.25) is 0 Å². The van der Waals surface area contributed by atoms with Crippen molar-refractivity contribution in [2.75, 3.05) is 41.8 Å². The van der Waals surface area contributed by atoms with Crippen molar-refractivity contribution < 1.29 is 52.3 Å². The van der Waals surface area contributed by atoms with Crippen LogP contribution in [0.4, 0.5) is 0 Å². The summed E-state index contributed by atoms with van der Waals surface area (Å²) >= 11 is 0. The van der Waals surface area contributed by atoms with Crippen LogP contribution in [0.25, 0.3) is 33.4 Å². The van der Waals surface area contributed by atoms with Crippen molar-refractivity contribution in [3.05, 3.63) is 143 Å². The highest BCUT2D eigenvalue weighted by Gasteiger charge is 2.56. The van der Waals surface area contributed by atoms with Gasteiger partial charge in [-0.05, 0) is 95.9 Å². The number of carbonyl (C=O) groups excluding carboxylic acids is 3. The first-order valence-electron chi connectivity index (χ1n) is 18.5. The van der Waals surface area contributed by atoms with E-state index in [2.05, 4.69) is 0 Å². The number of hydrogen-bond donors (Lipinski definition) is 0. The first-order chi connectivity index (χ1) is 28.3. The molecule has 0 aromatic heterocycles. The molecule has 9 rings (SSSR count). The second kappa shape index (κ2) is 14.5. The van der Waals surface area contributed by atoms with Gasteiger partial charge in [0.05, 0.1) is 66.7 Å². The van der Waals surface area contributed by atoms with Crippen LogP contribution >= 0.6 is 0 Å². The lowest BCUT2D eigenvalue weighted by atomic mass is 9.61. The molecule has 11 heteroatoms. The molecule has 6 aromatic carbocycles. The number of ether oxygens (including phenoxy) is 8. The van der Waals surface area contributed by atoms with E-state index in [9.17, 15) is 14.4 Å². The Hall–Kier alpha value is -6.95. The van der Waals surface area contributed by atoms with Gasteiger partial charge in [0.25, 0.3) is 0 Å². The molecule has 6 aromatic rings. The summed E-state index contributed by atoms with van der Waals surface area (Å²) in [5.74, 6) is 2.23. The standard InChI is InChI=1S/C47H36O11/c1-51-25-55-24-23-47-38-35-20-17-32(26-5-11-29(12-6-26)44(48)52-2)41(38)56-36-21-18-33(27-7-13-30(14-8-27)45(49)53-3)42(39(36)47)58-37-22-19-34(43(57-35)40(37)47)28-9-15-31(16-10-28)46(50)54-4/h5-22H,23-25H2,1-4H3. The summed E-state index contributed by atoms with van der Waals surface area (Å²) < 4.78 is 47.2. The fourth-order valence-corrected chi connectivity index (χ4v) is 8.32. The second-order valence-corrected chi connectivity index (χ2v) is 13.9. The van der Waals surface area contributed by atoms with Crippen molar-refractivity contribution >= 4 is 17.9 Å². The quantitative estimate of drug-likeness (QED) is 0.0540. The molecular formula is C47H36O11. The Bertz CT molecular complexity index is 2350. The molecule has 3 aliphatic heterocycles. The van der Waals surface area contributed by atoms with E-state index in [1.54, 1.807) is 43.5 Å². The zero-order valence-corrected chi connectivity index (χ0v) is 32.0. The Morgan fingerprint density at radius 1 is 0.466 bits per heavy atom. The minimum atomic E-state index is -0.950. The van der Waals surface area contributed by atoms with Crippen LogP contribution in [-0.4, -0.2) is 59.7 Å². The third kappa shape index (κ3) is 5.69. The van der Waals surface area contributed by atoms with Gasteiger partial charge < -0.3 is 37.9 Å². The predicted octanol–water partition coefficient (Wildman–Crippen LogP) is 9.71. The lowest BCUT2D eigenvalue weighted by molar-refractivity contribution is -0.0343. The molecule has 0 saturated carbocycles. The zero-order chi connectivity index (χ0) is 40.1. The molecular weight excluding hydrogens is 741 g/mol. The fourth-order valence-electron chi connectivity index (χ4n) is 8.32. The molecule has 0 bridgehead atoms. The van der Waals surface area contributed by atoms with Crippen molar-refractivity contribution in [3.63, 3.8) is 0 Å². The van der Waals surface area contributed by atoms with Crippen LogP contribution in [0.3, 0.4) is 0 Å². The SMILES string of the molecule is COCOCCC12c3c4ccc(-c5ccc(C(=O)OC)cc5)c3Oc3ccc(-c5ccc(C(=O)OC)cc5)c(c31)Oc1ccc(-c3ccc(C(=O)OC)cc3)c(c12)O4. The molecule has 290 valence electrons. The number of rotatable bonds is 11. The van der Waals surface area contributed by atoms with Crippen molar-refractivity contribution in [2.45, 2.75) is 11.8 Å². The van der Waals surface area contributed by atoms with Crippen LogP contribution in [0.15, 0.2) is 109 Å². The smallest absolute Gasteiger partial charge is 0.337 e. The highest BCUT2D eigenvalue weighted by molar-refractivity contribution is 5.94. The van der Waals surface area contributed by atoms with Gasteiger partial charge in [-0.2, -0.15) is 0 Å². The molecule has 0 radical (unpaired) electrons. The molecule has 0 amide bonds. The maximum absolute atomic E-state index is 12.4. The fraction of sp³-hybridized carbons (Fsp3) is 0.170. The second-order valence-electron chi connectivity index (χ2n) is 13.9. The van der Waals surface area contributed by atoms with E-state index in [4.69, 9.17) is 37.9 Å². The number of benzene rings is 6. The topological polar surface area (TPSA) is 125 Å².